The lowest BCUT2D eigenvalue weighted by molar-refractivity contribution is 0.152. The monoisotopic (exact) mass is 266 g/mol. The molecule has 2 N–H and O–H groups in total. The first-order valence-corrected chi connectivity index (χ1v) is 7.24. The van der Waals surface area contributed by atoms with E-state index in [2.05, 4.69) is 23.8 Å². The summed E-state index contributed by atoms with van der Waals surface area (Å²) in [6.07, 6.45) is 2.98. The number of aromatic nitrogens is 2. The zero-order chi connectivity index (χ0) is 13.8. The molecule has 0 bridgehead atoms. The highest BCUT2D eigenvalue weighted by atomic mass is 16.5. The molecule has 1 aliphatic heterocycles. The van der Waals surface area contributed by atoms with Crippen molar-refractivity contribution in [3.05, 3.63) is 11.3 Å². The molecule has 0 aliphatic carbocycles. The van der Waals surface area contributed by atoms with Crippen molar-refractivity contribution in [1.82, 2.24) is 9.78 Å². The maximum absolute atomic E-state index is 6.13. The normalized spacial score (nSPS) is 18.4. The number of anilines is 1. The second-order valence-electron chi connectivity index (χ2n) is 5.34. The number of aryl methyl sites for hydroxylation is 2. The molecule has 1 atom stereocenters. The lowest BCUT2D eigenvalue weighted by Gasteiger charge is -2.24. The van der Waals surface area contributed by atoms with Gasteiger partial charge < -0.3 is 15.4 Å². The minimum Gasteiger partial charge on any atom is -0.380 e. The topological polar surface area (TPSA) is 56.3 Å². The fourth-order valence-electron chi connectivity index (χ4n) is 2.69. The van der Waals surface area contributed by atoms with Crippen LogP contribution in [0.5, 0.6) is 0 Å². The molecule has 2 heterocycles. The van der Waals surface area contributed by atoms with E-state index in [0.717, 1.165) is 51.3 Å². The van der Waals surface area contributed by atoms with Crippen molar-refractivity contribution in [1.29, 1.82) is 0 Å². The van der Waals surface area contributed by atoms with Gasteiger partial charge in [-0.05, 0) is 26.2 Å². The van der Waals surface area contributed by atoms with E-state index in [1.165, 1.54) is 11.4 Å². The molecule has 1 aromatic rings. The third-order valence-corrected chi connectivity index (χ3v) is 3.83. The molecule has 1 fully saturated rings. The van der Waals surface area contributed by atoms with Gasteiger partial charge in [0.25, 0.3) is 0 Å². The van der Waals surface area contributed by atoms with Gasteiger partial charge in [-0.2, -0.15) is 5.10 Å². The Hall–Kier alpha value is -1.07. The van der Waals surface area contributed by atoms with E-state index >= 15 is 0 Å². The third-order valence-electron chi connectivity index (χ3n) is 3.83. The van der Waals surface area contributed by atoms with E-state index < -0.39 is 0 Å². The Morgan fingerprint density at radius 1 is 1.37 bits per heavy atom. The summed E-state index contributed by atoms with van der Waals surface area (Å²) in [5, 5.41) is 4.58. The smallest absolute Gasteiger partial charge is 0.130 e. The SMILES string of the molecule is CCC(N)Cc1c(C)nn(C)c1N1CCCOCC1. The van der Waals surface area contributed by atoms with Crippen LogP contribution in [0.3, 0.4) is 0 Å². The van der Waals surface area contributed by atoms with Crippen LogP contribution in [-0.4, -0.2) is 42.1 Å². The Morgan fingerprint density at radius 2 is 2.16 bits per heavy atom. The molecule has 5 heteroatoms. The van der Waals surface area contributed by atoms with Crippen molar-refractivity contribution in [2.45, 2.75) is 39.2 Å². The van der Waals surface area contributed by atoms with Gasteiger partial charge in [0.1, 0.15) is 5.82 Å². The number of nitrogens with two attached hydrogens (primary N) is 1. The molecular formula is C14H26N4O. The number of rotatable bonds is 4. The van der Waals surface area contributed by atoms with Crippen LogP contribution in [0.25, 0.3) is 0 Å². The minimum atomic E-state index is 0.213. The molecule has 0 amide bonds. The summed E-state index contributed by atoms with van der Waals surface area (Å²) in [5.74, 6) is 1.23. The molecule has 1 aromatic heterocycles. The summed E-state index contributed by atoms with van der Waals surface area (Å²) in [6, 6.07) is 0.213. The number of hydrogen-bond donors (Lipinski definition) is 1. The quantitative estimate of drug-likeness (QED) is 0.890. The van der Waals surface area contributed by atoms with Gasteiger partial charge in [0, 0.05) is 38.3 Å². The lowest BCUT2D eigenvalue weighted by Crippen LogP contribution is -2.30. The van der Waals surface area contributed by atoms with E-state index in [0.29, 0.717) is 0 Å². The second-order valence-corrected chi connectivity index (χ2v) is 5.34. The first kappa shape index (κ1) is 14.3. The Balaban J connectivity index is 2.26. The Bertz CT molecular complexity index is 408. The van der Waals surface area contributed by atoms with Crippen LogP contribution >= 0.6 is 0 Å². The van der Waals surface area contributed by atoms with Gasteiger partial charge in [0.2, 0.25) is 0 Å². The van der Waals surface area contributed by atoms with E-state index in [1.807, 2.05) is 11.7 Å². The van der Waals surface area contributed by atoms with Gasteiger partial charge in [-0.25, -0.2) is 0 Å². The number of ether oxygens (including phenoxy) is 1. The molecule has 1 aliphatic rings. The first-order chi connectivity index (χ1) is 9.13. The van der Waals surface area contributed by atoms with Crippen LogP contribution < -0.4 is 10.6 Å². The zero-order valence-electron chi connectivity index (χ0n) is 12.4. The maximum atomic E-state index is 6.13. The van der Waals surface area contributed by atoms with E-state index in [4.69, 9.17) is 10.5 Å². The van der Waals surface area contributed by atoms with E-state index in [-0.39, 0.29) is 6.04 Å². The molecule has 0 aromatic carbocycles. The fraction of sp³-hybridized carbons (Fsp3) is 0.786. The average molecular weight is 266 g/mol. The second kappa shape index (κ2) is 6.39. The maximum Gasteiger partial charge on any atom is 0.130 e. The third kappa shape index (κ3) is 3.28. The van der Waals surface area contributed by atoms with Gasteiger partial charge in [0.05, 0.1) is 12.3 Å². The van der Waals surface area contributed by atoms with E-state index in [1.54, 1.807) is 0 Å². The highest BCUT2D eigenvalue weighted by Gasteiger charge is 2.21. The van der Waals surface area contributed by atoms with E-state index in [9.17, 15) is 0 Å². The molecule has 0 spiro atoms. The Kier molecular flexibility index (Phi) is 4.82. The number of hydrogen-bond acceptors (Lipinski definition) is 4. The molecule has 19 heavy (non-hydrogen) atoms. The fourth-order valence-corrected chi connectivity index (χ4v) is 2.69. The first-order valence-electron chi connectivity index (χ1n) is 7.24. The van der Waals surface area contributed by atoms with Crippen molar-refractivity contribution in [2.75, 3.05) is 31.2 Å². The molecular weight excluding hydrogens is 240 g/mol. The van der Waals surface area contributed by atoms with Crippen molar-refractivity contribution in [2.24, 2.45) is 12.8 Å². The van der Waals surface area contributed by atoms with Crippen molar-refractivity contribution < 1.29 is 4.74 Å². The summed E-state index contributed by atoms with van der Waals surface area (Å²) in [6.45, 7) is 7.84. The van der Waals surface area contributed by atoms with Crippen LogP contribution in [0.15, 0.2) is 0 Å². The lowest BCUT2D eigenvalue weighted by atomic mass is 10.0. The highest BCUT2D eigenvalue weighted by molar-refractivity contribution is 5.50. The van der Waals surface area contributed by atoms with Crippen LogP contribution in [0, 0.1) is 6.92 Å². The van der Waals surface area contributed by atoms with Crippen LogP contribution in [0.4, 0.5) is 5.82 Å². The van der Waals surface area contributed by atoms with Crippen molar-refractivity contribution in [3.63, 3.8) is 0 Å². The summed E-state index contributed by atoms with van der Waals surface area (Å²) < 4.78 is 7.54. The molecule has 0 saturated carbocycles. The summed E-state index contributed by atoms with van der Waals surface area (Å²) >= 11 is 0. The molecule has 1 unspecified atom stereocenters. The molecule has 108 valence electrons. The Labute approximate surface area is 115 Å². The number of nitrogens with zero attached hydrogens (tertiary/aromatic N) is 3. The van der Waals surface area contributed by atoms with Crippen LogP contribution in [0.2, 0.25) is 0 Å². The summed E-state index contributed by atoms with van der Waals surface area (Å²) in [5.41, 5.74) is 8.54. The minimum absolute atomic E-state index is 0.213. The predicted octanol–water partition coefficient (Wildman–Crippen LogP) is 1.24. The van der Waals surface area contributed by atoms with Crippen LogP contribution in [-0.2, 0) is 18.2 Å². The zero-order valence-corrected chi connectivity index (χ0v) is 12.4. The van der Waals surface area contributed by atoms with Gasteiger partial charge in [-0.15, -0.1) is 0 Å². The summed E-state index contributed by atoms with van der Waals surface area (Å²) in [4.78, 5) is 2.39. The van der Waals surface area contributed by atoms with Gasteiger partial charge in [-0.1, -0.05) is 6.92 Å². The van der Waals surface area contributed by atoms with Crippen molar-refractivity contribution in [3.8, 4) is 0 Å². The van der Waals surface area contributed by atoms with Gasteiger partial charge in [-0.3, -0.25) is 4.68 Å². The van der Waals surface area contributed by atoms with Crippen LogP contribution in [0.1, 0.15) is 31.0 Å². The standard InChI is InChI=1S/C14H26N4O/c1-4-12(15)10-13-11(2)16-17(3)14(13)18-6-5-8-19-9-7-18/h12H,4-10,15H2,1-3H3. The molecule has 5 nitrogen and oxygen atoms in total. The molecule has 1 saturated heterocycles. The highest BCUT2D eigenvalue weighted by Crippen LogP contribution is 2.25. The van der Waals surface area contributed by atoms with Gasteiger partial charge in [0.15, 0.2) is 0 Å². The molecule has 0 radical (unpaired) electrons. The Morgan fingerprint density at radius 3 is 2.89 bits per heavy atom. The largest absolute Gasteiger partial charge is 0.380 e. The molecule has 2 rings (SSSR count). The summed E-state index contributed by atoms with van der Waals surface area (Å²) in [7, 11) is 2.02. The average Bonchev–Trinajstić information content (AvgIpc) is 2.61. The van der Waals surface area contributed by atoms with Gasteiger partial charge >= 0.3 is 0 Å². The van der Waals surface area contributed by atoms with Crippen molar-refractivity contribution >= 4 is 5.82 Å². The predicted molar refractivity (Wildman–Crippen MR) is 77.6 cm³/mol.